The van der Waals surface area contributed by atoms with Crippen LogP contribution in [-0.2, 0) is 24.8 Å². The zero-order valence-electron chi connectivity index (χ0n) is 17.2. The second kappa shape index (κ2) is 7.75. The van der Waals surface area contributed by atoms with Gasteiger partial charge in [-0.15, -0.1) is 11.8 Å². The molecular weight excluding hydrogens is 434 g/mol. The molecule has 2 saturated heterocycles. The number of carbonyl (C=O) groups is 2. The number of carboxylic acid groups (broad SMARTS) is 1. The molecule has 3 aliphatic heterocycles. The molecule has 0 aromatic rings. The molecule has 0 bridgehead atoms. The van der Waals surface area contributed by atoms with Crippen LogP contribution in [0, 0.1) is 11.3 Å². The number of carboxylic acids is 1. The maximum Gasteiger partial charge on any atom is 0.354 e. The van der Waals surface area contributed by atoms with Gasteiger partial charge in [-0.05, 0) is 31.9 Å². The maximum atomic E-state index is 13.2. The van der Waals surface area contributed by atoms with Crippen molar-refractivity contribution in [3.05, 3.63) is 9.93 Å². The first-order chi connectivity index (χ1) is 12.9. The van der Waals surface area contributed by atoms with E-state index < -0.39 is 31.4 Å². The Morgan fingerprint density at radius 2 is 2.00 bits per heavy atom. The van der Waals surface area contributed by atoms with Crippen LogP contribution in [0.25, 0.3) is 0 Å². The van der Waals surface area contributed by atoms with Crippen LogP contribution in [0.3, 0.4) is 0 Å². The van der Waals surface area contributed by atoms with Crippen LogP contribution in [0.2, 0.25) is 13.1 Å². The Balaban J connectivity index is 1.88. The number of rotatable bonds is 6. The molecule has 28 heavy (non-hydrogen) atoms. The number of fused-ring (bicyclic) bond motifs is 1. The molecule has 0 aromatic heterocycles. The highest BCUT2D eigenvalue weighted by atomic mass is 32.2. The minimum atomic E-state index is -1.43. The van der Waals surface area contributed by atoms with Crippen LogP contribution in [0.4, 0.5) is 0 Å². The van der Waals surface area contributed by atoms with Crippen molar-refractivity contribution in [1.29, 1.82) is 0 Å². The number of β-lactam (4-membered cyclic amide) rings is 1. The standard InChI is InChI=1S/C18H29NO5S3Si/c1-17(2,3)18(4,24-28(5)6)11-13(20)19-12(15(21)22)16(26-14(11)19)25-10-7-8-27(23)9-10/h10-11,14,28H,7-9H2,1-6H3,(H,21,22)/t10?,11?,14-,18-,27?/m1/s1. The fourth-order valence-corrected chi connectivity index (χ4v) is 10.7. The number of nitrogens with zero attached hydrogens (tertiary/aromatic N) is 1. The topological polar surface area (TPSA) is 83.9 Å². The molecule has 3 aliphatic rings. The van der Waals surface area contributed by atoms with Crippen LogP contribution >= 0.6 is 23.5 Å². The van der Waals surface area contributed by atoms with E-state index in [1.54, 1.807) is 0 Å². The molecule has 10 heteroatoms. The molecule has 3 unspecified atom stereocenters. The predicted molar refractivity (Wildman–Crippen MR) is 118 cm³/mol. The van der Waals surface area contributed by atoms with E-state index in [-0.39, 0.29) is 33.6 Å². The van der Waals surface area contributed by atoms with E-state index in [4.69, 9.17) is 4.43 Å². The average molecular weight is 464 g/mol. The normalized spacial score (nSPS) is 32.5. The summed E-state index contributed by atoms with van der Waals surface area (Å²) in [4.78, 5) is 26.6. The summed E-state index contributed by atoms with van der Waals surface area (Å²) >= 11 is 2.95. The van der Waals surface area contributed by atoms with Gasteiger partial charge >= 0.3 is 5.97 Å². The first-order valence-electron chi connectivity index (χ1n) is 9.53. The van der Waals surface area contributed by atoms with Crippen molar-refractivity contribution >= 4 is 55.2 Å². The highest BCUT2D eigenvalue weighted by Crippen LogP contribution is 2.59. The SMILES string of the molecule is C[SiH](C)O[C@](C)(C1C(=O)N2C(C(=O)O)=C(SC3CCS(=O)C3)S[C@H]12)C(C)(C)C. The first-order valence-corrected chi connectivity index (χ1v) is 15.6. The Labute approximate surface area is 179 Å². The molecule has 1 N–H and O–H groups in total. The molecular formula is C18H29NO5S3Si. The van der Waals surface area contributed by atoms with E-state index in [2.05, 4.69) is 33.9 Å². The van der Waals surface area contributed by atoms with Gasteiger partial charge in [-0.2, -0.15) is 0 Å². The molecule has 1 amide bonds. The Kier molecular flexibility index (Phi) is 6.20. The number of thioether (sulfide) groups is 2. The average Bonchev–Trinajstić information content (AvgIpc) is 3.07. The maximum absolute atomic E-state index is 13.2. The highest BCUT2D eigenvalue weighted by molar-refractivity contribution is 8.23. The van der Waals surface area contributed by atoms with Gasteiger partial charge in [-0.1, -0.05) is 32.5 Å². The minimum absolute atomic E-state index is 0.0944. The largest absolute Gasteiger partial charge is 0.477 e. The molecule has 2 fully saturated rings. The van der Waals surface area contributed by atoms with E-state index in [0.717, 1.165) is 6.42 Å². The second-order valence-corrected chi connectivity index (χ2v) is 15.6. The molecule has 0 saturated carbocycles. The zero-order valence-corrected chi connectivity index (χ0v) is 20.8. The van der Waals surface area contributed by atoms with Gasteiger partial charge < -0.3 is 9.53 Å². The van der Waals surface area contributed by atoms with E-state index in [0.29, 0.717) is 15.7 Å². The lowest BCUT2D eigenvalue weighted by molar-refractivity contribution is -0.173. The van der Waals surface area contributed by atoms with Gasteiger partial charge in [0.2, 0.25) is 5.91 Å². The summed E-state index contributed by atoms with van der Waals surface area (Å²) in [5.41, 5.74) is -0.826. The Hall–Kier alpha value is -0.293. The van der Waals surface area contributed by atoms with Gasteiger partial charge in [0.25, 0.3) is 0 Å². The number of amides is 1. The van der Waals surface area contributed by atoms with Gasteiger partial charge in [0, 0.05) is 27.6 Å². The third-order valence-corrected chi connectivity index (χ3v) is 11.3. The zero-order chi connectivity index (χ0) is 21.0. The molecule has 0 spiro atoms. The van der Waals surface area contributed by atoms with Crippen molar-refractivity contribution < 1.29 is 23.3 Å². The van der Waals surface area contributed by atoms with E-state index in [9.17, 15) is 18.9 Å². The molecule has 5 atom stereocenters. The Morgan fingerprint density at radius 1 is 1.36 bits per heavy atom. The van der Waals surface area contributed by atoms with Crippen molar-refractivity contribution in [3.8, 4) is 0 Å². The molecule has 0 radical (unpaired) electrons. The molecule has 3 heterocycles. The number of aliphatic carboxylic acids is 1. The number of hydrogen-bond acceptors (Lipinski definition) is 6. The predicted octanol–water partition coefficient (Wildman–Crippen LogP) is 2.83. The quantitative estimate of drug-likeness (QED) is 0.479. The van der Waals surface area contributed by atoms with Crippen LogP contribution < -0.4 is 0 Å². The molecule has 6 nitrogen and oxygen atoms in total. The fraction of sp³-hybridized carbons (Fsp3) is 0.778. The summed E-state index contributed by atoms with van der Waals surface area (Å²) < 4.78 is 18.8. The molecule has 0 aromatic carbocycles. The molecule has 3 rings (SSSR count). The van der Waals surface area contributed by atoms with Gasteiger partial charge in [0.1, 0.15) is 5.37 Å². The lowest BCUT2D eigenvalue weighted by Gasteiger charge is -2.56. The lowest BCUT2D eigenvalue weighted by atomic mass is 9.66. The number of carbonyl (C=O) groups excluding carboxylic acids is 1. The minimum Gasteiger partial charge on any atom is -0.477 e. The van der Waals surface area contributed by atoms with E-state index in [1.165, 1.54) is 28.4 Å². The summed E-state index contributed by atoms with van der Waals surface area (Å²) in [5, 5.41) is 9.69. The van der Waals surface area contributed by atoms with Gasteiger partial charge in [-0.3, -0.25) is 13.9 Å². The fourth-order valence-electron chi connectivity index (χ4n) is 3.96. The van der Waals surface area contributed by atoms with Crippen molar-refractivity contribution in [1.82, 2.24) is 4.90 Å². The van der Waals surface area contributed by atoms with E-state index >= 15 is 0 Å². The second-order valence-electron chi connectivity index (χ2n) is 9.00. The molecule has 158 valence electrons. The third kappa shape index (κ3) is 3.75. The van der Waals surface area contributed by atoms with Gasteiger partial charge in [0.05, 0.1) is 15.8 Å². The highest BCUT2D eigenvalue weighted by Gasteiger charge is 2.65. The van der Waals surface area contributed by atoms with Crippen molar-refractivity contribution in [3.63, 3.8) is 0 Å². The summed E-state index contributed by atoms with van der Waals surface area (Å²) in [6.45, 7) is 12.4. The van der Waals surface area contributed by atoms with Gasteiger partial charge in [0.15, 0.2) is 14.7 Å². The van der Waals surface area contributed by atoms with Crippen molar-refractivity contribution in [2.24, 2.45) is 11.3 Å². The summed E-state index contributed by atoms with van der Waals surface area (Å²) in [7, 11) is -2.25. The monoisotopic (exact) mass is 463 g/mol. The van der Waals surface area contributed by atoms with Gasteiger partial charge in [-0.25, -0.2) is 4.79 Å². The van der Waals surface area contributed by atoms with Crippen LogP contribution in [0.5, 0.6) is 0 Å². The Bertz CT molecular complexity index is 750. The number of hydrogen-bond donors (Lipinski definition) is 1. The first kappa shape index (κ1) is 22.4. The lowest BCUT2D eigenvalue weighted by Crippen LogP contribution is -2.69. The van der Waals surface area contributed by atoms with Crippen LogP contribution in [0.1, 0.15) is 34.1 Å². The smallest absolute Gasteiger partial charge is 0.354 e. The molecule has 0 aliphatic carbocycles. The summed E-state index contributed by atoms with van der Waals surface area (Å²) in [6.07, 6.45) is 0.818. The van der Waals surface area contributed by atoms with E-state index in [1.807, 2.05) is 6.92 Å². The van der Waals surface area contributed by atoms with Crippen LogP contribution in [-0.4, -0.2) is 62.9 Å². The third-order valence-electron chi connectivity index (χ3n) is 5.78. The van der Waals surface area contributed by atoms with Crippen LogP contribution in [0.15, 0.2) is 9.93 Å². The summed E-state index contributed by atoms with van der Waals surface area (Å²) in [5.74, 6) is -0.349. The Morgan fingerprint density at radius 3 is 2.46 bits per heavy atom. The van der Waals surface area contributed by atoms with Crippen molar-refractivity contribution in [2.45, 2.75) is 63.4 Å². The summed E-state index contributed by atoms with van der Waals surface area (Å²) in [6, 6.07) is 0. The van der Waals surface area contributed by atoms with Crippen molar-refractivity contribution in [2.75, 3.05) is 11.5 Å².